The van der Waals surface area contributed by atoms with Gasteiger partial charge < -0.3 is 10.2 Å². The molecule has 2 fully saturated rings. The van der Waals surface area contributed by atoms with E-state index in [0.717, 1.165) is 26.1 Å². The summed E-state index contributed by atoms with van der Waals surface area (Å²) in [5.41, 5.74) is 0.488. The van der Waals surface area contributed by atoms with Crippen LogP contribution in [0.3, 0.4) is 0 Å². The van der Waals surface area contributed by atoms with Crippen LogP contribution >= 0.6 is 11.6 Å². The van der Waals surface area contributed by atoms with E-state index in [2.05, 4.69) is 10.3 Å². The number of amides is 1. The standard InChI is InChI=1S/C12H14ClN3O/c13-9-1-2-10(15-6-9)12(17)16-4-3-8-5-14-7-11(8)16/h1-2,6,8,11,14H,3-5,7H2/t8-,11+/m0/s1. The Balaban J connectivity index is 1.80. The summed E-state index contributed by atoms with van der Waals surface area (Å²) in [6.45, 7) is 2.78. The van der Waals surface area contributed by atoms with Crippen LogP contribution in [-0.2, 0) is 0 Å². The van der Waals surface area contributed by atoms with Gasteiger partial charge in [0.05, 0.1) is 5.02 Å². The Hall–Kier alpha value is -1.13. The van der Waals surface area contributed by atoms with Crippen molar-refractivity contribution >= 4 is 17.5 Å². The molecule has 0 bridgehead atoms. The van der Waals surface area contributed by atoms with E-state index in [9.17, 15) is 4.79 Å². The summed E-state index contributed by atoms with van der Waals surface area (Å²) in [4.78, 5) is 18.3. The lowest BCUT2D eigenvalue weighted by Crippen LogP contribution is -2.39. The molecule has 4 nitrogen and oxygen atoms in total. The van der Waals surface area contributed by atoms with Crippen LogP contribution in [0, 0.1) is 5.92 Å². The number of likely N-dealkylation sites (tertiary alicyclic amines) is 1. The Morgan fingerprint density at radius 1 is 1.47 bits per heavy atom. The highest BCUT2D eigenvalue weighted by atomic mass is 35.5. The Morgan fingerprint density at radius 3 is 3.12 bits per heavy atom. The van der Waals surface area contributed by atoms with Crippen molar-refractivity contribution in [2.24, 2.45) is 5.92 Å². The Kier molecular flexibility index (Phi) is 2.76. The minimum Gasteiger partial charge on any atom is -0.333 e. The number of rotatable bonds is 1. The molecule has 3 heterocycles. The SMILES string of the molecule is O=C(c1ccc(Cl)cn1)N1CC[C@H]2CNC[C@H]21. The average molecular weight is 252 g/mol. The van der Waals surface area contributed by atoms with Gasteiger partial charge >= 0.3 is 0 Å². The molecule has 3 rings (SSSR count). The maximum Gasteiger partial charge on any atom is 0.272 e. The van der Waals surface area contributed by atoms with Crippen molar-refractivity contribution < 1.29 is 4.79 Å². The lowest BCUT2D eigenvalue weighted by molar-refractivity contribution is 0.0731. The van der Waals surface area contributed by atoms with Crippen LogP contribution in [0.5, 0.6) is 0 Å². The van der Waals surface area contributed by atoms with E-state index < -0.39 is 0 Å². The lowest BCUT2D eigenvalue weighted by Gasteiger charge is -2.22. The monoisotopic (exact) mass is 251 g/mol. The summed E-state index contributed by atoms with van der Waals surface area (Å²) in [7, 11) is 0. The fraction of sp³-hybridized carbons (Fsp3) is 0.500. The molecule has 0 aromatic carbocycles. The molecule has 0 saturated carbocycles. The fourth-order valence-corrected chi connectivity index (χ4v) is 2.86. The van der Waals surface area contributed by atoms with Crippen LogP contribution in [-0.4, -0.2) is 41.5 Å². The van der Waals surface area contributed by atoms with E-state index in [1.54, 1.807) is 12.1 Å². The molecule has 1 N–H and O–H groups in total. The molecule has 2 saturated heterocycles. The molecule has 1 amide bonds. The van der Waals surface area contributed by atoms with Crippen molar-refractivity contribution in [1.29, 1.82) is 0 Å². The predicted molar refractivity (Wildman–Crippen MR) is 65.0 cm³/mol. The smallest absolute Gasteiger partial charge is 0.272 e. The Bertz CT molecular complexity index is 434. The van der Waals surface area contributed by atoms with Gasteiger partial charge in [0.2, 0.25) is 0 Å². The first kappa shape index (κ1) is 11.0. The molecule has 1 aromatic heterocycles. The summed E-state index contributed by atoms with van der Waals surface area (Å²) >= 11 is 5.77. The molecule has 1 aromatic rings. The second-order valence-corrected chi connectivity index (χ2v) is 5.07. The van der Waals surface area contributed by atoms with Gasteiger partial charge in [-0.1, -0.05) is 11.6 Å². The van der Waals surface area contributed by atoms with Gasteiger partial charge in [-0.3, -0.25) is 4.79 Å². The molecular weight excluding hydrogens is 238 g/mol. The van der Waals surface area contributed by atoms with Crippen molar-refractivity contribution in [3.63, 3.8) is 0 Å². The van der Waals surface area contributed by atoms with E-state index in [4.69, 9.17) is 11.6 Å². The van der Waals surface area contributed by atoms with Crippen molar-refractivity contribution in [1.82, 2.24) is 15.2 Å². The van der Waals surface area contributed by atoms with Crippen LogP contribution in [0.4, 0.5) is 0 Å². The molecule has 2 aliphatic rings. The number of hydrogen-bond donors (Lipinski definition) is 1. The van der Waals surface area contributed by atoms with Crippen molar-refractivity contribution in [3.05, 3.63) is 29.0 Å². The molecule has 0 aliphatic carbocycles. The van der Waals surface area contributed by atoms with Crippen LogP contribution in [0.25, 0.3) is 0 Å². The van der Waals surface area contributed by atoms with Crippen molar-refractivity contribution in [2.75, 3.05) is 19.6 Å². The normalized spacial score (nSPS) is 27.2. The first-order valence-electron chi connectivity index (χ1n) is 5.89. The zero-order valence-corrected chi connectivity index (χ0v) is 10.2. The average Bonchev–Trinajstić information content (AvgIpc) is 2.90. The molecule has 0 spiro atoms. The number of carbonyl (C=O) groups excluding carboxylic acids is 1. The highest BCUT2D eigenvalue weighted by Crippen LogP contribution is 2.28. The molecule has 2 atom stereocenters. The zero-order valence-electron chi connectivity index (χ0n) is 9.40. The predicted octanol–water partition coefficient (Wildman–Crippen LogP) is 1.17. The minimum absolute atomic E-state index is 0.0258. The zero-order chi connectivity index (χ0) is 11.8. The number of halogens is 1. The minimum atomic E-state index is 0.0258. The molecule has 0 unspecified atom stereocenters. The lowest BCUT2D eigenvalue weighted by atomic mass is 10.1. The maximum absolute atomic E-state index is 12.3. The van der Waals surface area contributed by atoms with E-state index in [0.29, 0.717) is 22.7 Å². The first-order valence-corrected chi connectivity index (χ1v) is 6.27. The third-order valence-electron chi connectivity index (χ3n) is 3.65. The van der Waals surface area contributed by atoms with E-state index in [1.165, 1.54) is 6.20 Å². The summed E-state index contributed by atoms with van der Waals surface area (Å²) in [6.07, 6.45) is 2.62. The Labute approximate surface area is 105 Å². The Morgan fingerprint density at radius 2 is 2.35 bits per heavy atom. The molecular formula is C12H14ClN3O. The highest BCUT2D eigenvalue weighted by Gasteiger charge is 2.40. The van der Waals surface area contributed by atoms with Crippen LogP contribution in [0.15, 0.2) is 18.3 Å². The molecule has 5 heteroatoms. The number of hydrogen-bond acceptors (Lipinski definition) is 3. The summed E-state index contributed by atoms with van der Waals surface area (Å²) in [6, 6.07) is 3.75. The van der Waals surface area contributed by atoms with Gasteiger partial charge in [-0.05, 0) is 24.5 Å². The molecule has 2 aliphatic heterocycles. The summed E-state index contributed by atoms with van der Waals surface area (Å²) in [5.74, 6) is 0.643. The van der Waals surface area contributed by atoms with Crippen LogP contribution < -0.4 is 5.32 Å². The van der Waals surface area contributed by atoms with Gasteiger partial charge in [0, 0.05) is 31.9 Å². The third-order valence-corrected chi connectivity index (χ3v) is 3.88. The highest BCUT2D eigenvalue weighted by molar-refractivity contribution is 6.30. The fourth-order valence-electron chi connectivity index (χ4n) is 2.75. The number of nitrogens with zero attached hydrogens (tertiary/aromatic N) is 2. The van der Waals surface area contributed by atoms with Crippen LogP contribution in [0.2, 0.25) is 5.02 Å². The van der Waals surface area contributed by atoms with E-state index in [1.807, 2.05) is 4.90 Å². The molecule has 17 heavy (non-hydrogen) atoms. The number of carbonyl (C=O) groups is 1. The largest absolute Gasteiger partial charge is 0.333 e. The third kappa shape index (κ3) is 1.91. The molecule has 0 radical (unpaired) electrons. The van der Waals surface area contributed by atoms with Gasteiger partial charge in [0.15, 0.2) is 0 Å². The molecule has 90 valence electrons. The number of fused-ring (bicyclic) bond motifs is 1. The van der Waals surface area contributed by atoms with E-state index in [-0.39, 0.29) is 5.91 Å². The second-order valence-electron chi connectivity index (χ2n) is 4.63. The summed E-state index contributed by atoms with van der Waals surface area (Å²) < 4.78 is 0. The van der Waals surface area contributed by atoms with Crippen LogP contribution in [0.1, 0.15) is 16.9 Å². The van der Waals surface area contributed by atoms with Gasteiger partial charge in [-0.25, -0.2) is 4.98 Å². The number of aromatic nitrogens is 1. The van der Waals surface area contributed by atoms with Gasteiger partial charge in [0.1, 0.15) is 5.69 Å². The van der Waals surface area contributed by atoms with Gasteiger partial charge in [-0.15, -0.1) is 0 Å². The van der Waals surface area contributed by atoms with Gasteiger partial charge in [-0.2, -0.15) is 0 Å². The number of pyridine rings is 1. The topological polar surface area (TPSA) is 45.2 Å². The van der Waals surface area contributed by atoms with E-state index >= 15 is 0 Å². The van der Waals surface area contributed by atoms with Crippen molar-refractivity contribution in [3.8, 4) is 0 Å². The second kappa shape index (κ2) is 4.27. The first-order chi connectivity index (χ1) is 8.25. The van der Waals surface area contributed by atoms with Crippen molar-refractivity contribution in [2.45, 2.75) is 12.5 Å². The van der Waals surface area contributed by atoms with Gasteiger partial charge in [0.25, 0.3) is 5.91 Å². The maximum atomic E-state index is 12.3. The quantitative estimate of drug-likeness (QED) is 0.815. The summed E-state index contributed by atoms with van der Waals surface area (Å²) in [5, 5.41) is 3.89. The number of nitrogens with one attached hydrogen (secondary N) is 1.